The zero-order valence-electron chi connectivity index (χ0n) is 9.88. The summed E-state index contributed by atoms with van der Waals surface area (Å²) < 4.78 is 0. The first-order chi connectivity index (χ1) is 8.93. The molecule has 2 aromatic carbocycles. The van der Waals surface area contributed by atoms with Gasteiger partial charge in [-0.15, -0.1) is 0 Å². The minimum atomic E-state index is 1.19. The Balaban J connectivity index is 2.05. The smallest absolute Gasteiger partial charge is 0.0273 e. The van der Waals surface area contributed by atoms with Crippen molar-refractivity contribution in [2.24, 2.45) is 0 Å². The SMILES string of the molecule is [c]1cccc(-c2cccc(-c3ccncc3)c2)c1. The molecule has 18 heavy (non-hydrogen) atoms. The van der Waals surface area contributed by atoms with E-state index in [1.807, 2.05) is 42.7 Å². The van der Waals surface area contributed by atoms with E-state index in [1.165, 1.54) is 22.3 Å². The number of pyridine rings is 1. The van der Waals surface area contributed by atoms with E-state index in [-0.39, 0.29) is 0 Å². The highest BCUT2D eigenvalue weighted by Gasteiger charge is 2.00. The largest absolute Gasteiger partial charge is 0.265 e. The highest BCUT2D eigenvalue weighted by atomic mass is 14.6. The summed E-state index contributed by atoms with van der Waals surface area (Å²) in [6.07, 6.45) is 3.64. The van der Waals surface area contributed by atoms with E-state index in [1.54, 1.807) is 0 Å². The van der Waals surface area contributed by atoms with Gasteiger partial charge in [0.25, 0.3) is 0 Å². The van der Waals surface area contributed by atoms with Gasteiger partial charge in [0.05, 0.1) is 0 Å². The van der Waals surface area contributed by atoms with E-state index >= 15 is 0 Å². The van der Waals surface area contributed by atoms with Crippen LogP contribution in [0.5, 0.6) is 0 Å². The Bertz CT molecular complexity index is 575. The van der Waals surface area contributed by atoms with Crippen molar-refractivity contribution in [1.29, 1.82) is 0 Å². The van der Waals surface area contributed by atoms with Gasteiger partial charge in [-0.25, -0.2) is 0 Å². The van der Waals surface area contributed by atoms with Crippen LogP contribution in [0.25, 0.3) is 22.3 Å². The van der Waals surface area contributed by atoms with Crippen molar-refractivity contribution in [3.8, 4) is 22.3 Å². The van der Waals surface area contributed by atoms with Gasteiger partial charge in [0, 0.05) is 12.4 Å². The molecule has 0 unspecified atom stereocenters. The van der Waals surface area contributed by atoms with Gasteiger partial charge in [-0.2, -0.15) is 0 Å². The van der Waals surface area contributed by atoms with Crippen molar-refractivity contribution >= 4 is 0 Å². The topological polar surface area (TPSA) is 12.9 Å². The molecule has 1 aromatic heterocycles. The van der Waals surface area contributed by atoms with Gasteiger partial charge < -0.3 is 0 Å². The standard InChI is InChI=1S/C17H12N/c1-2-5-14(6-3-1)16-7-4-8-17(13-16)15-9-11-18-12-10-15/h1-2,4-13H. The molecule has 0 atom stereocenters. The minimum absolute atomic E-state index is 1.19. The molecule has 3 rings (SSSR count). The molecule has 0 N–H and O–H groups in total. The molecule has 0 saturated heterocycles. The van der Waals surface area contributed by atoms with Gasteiger partial charge in [-0.1, -0.05) is 36.4 Å². The maximum Gasteiger partial charge on any atom is 0.0273 e. The fourth-order valence-electron chi connectivity index (χ4n) is 2.00. The second-order valence-corrected chi connectivity index (χ2v) is 4.11. The highest BCUT2D eigenvalue weighted by Crippen LogP contribution is 2.25. The molecule has 3 aromatic rings. The Hall–Kier alpha value is -2.41. The summed E-state index contributed by atoms with van der Waals surface area (Å²) >= 11 is 0. The van der Waals surface area contributed by atoms with Crippen molar-refractivity contribution in [1.82, 2.24) is 4.98 Å². The van der Waals surface area contributed by atoms with E-state index in [0.29, 0.717) is 0 Å². The third-order valence-electron chi connectivity index (χ3n) is 2.92. The van der Waals surface area contributed by atoms with Crippen LogP contribution in [0.3, 0.4) is 0 Å². The molecule has 1 heteroatoms. The van der Waals surface area contributed by atoms with Gasteiger partial charge in [-0.05, 0) is 52.6 Å². The number of nitrogens with zero attached hydrogens (tertiary/aromatic N) is 1. The predicted molar refractivity (Wildman–Crippen MR) is 73.9 cm³/mol. The first-order valence-electron chi connectivity index (χ1n) is 5.90. The molecule has 0 aliphatic rings. The zero-order chi connectivity index (χ0) is 12.2. The summed E-state index contributed by atoms with van der Waals surface area (Å²) in [4.78, 5) is 4.05. The first-order valence-corrected chi connectivity index (χ1v) is 5.90. The second-order valence-electron chi connectivity index (χ2n) is 4.11. The first kappa shape index (κ1) is 10.7. The van der Waals surface area contributed by atoms with E-state index in [4.69, 9.17) is 0 Å². The lowest BCUT2D eigenvalue weighted by Gasteiger charge is -2.05. The summed E-state index contributed by atoms with van der Waals surface area (Å²) in [6.45, 7) is 0. The van der Waals surface area contributed by atoms with Crippen molar-refractivity contribution in [3.05, 3.63) is 79.1 Å². The van der Waals surface area contributed by atoms with Crippen LogP contribution < -0.4 is 0 Å². The molecule has 0 bridgehead atoms. The summed E-state index contributed by atoms with van der Waals surface area (Å²) in [6, 6.07) is 23.7. The minimum Gasteiger partial charge on any atom is -0.265 e. The molecule has 0 aliphatic heterocycles. The Labute approximate surface area is 107 Å². The van der Waals surface area contributed by atoms with Gasteiger partial charge in [0.2, 0.25) is 0 Å². The Morgan fingerprint density at radius 2 is 1.44 bits per heavy atom. The average Bonchev–Trinajstić information content (AvgIpc) is 2.49. The van der Waals surface area contributed by atoms with Crippen molar-refractivity contribution in [2.45, 2.75) is 0 Å². The highest BCUT2D eigenvalue weighted by molar-refractivity contribution is 5.72. The molecule has 85 valence electrons. The van der Waals surface area contributed by atoms with Crippen molar-refractivity contribution < 1.29 is 0 Å². The molecule has 0 spiro atoms. The molecular formula is C17H12N. The number of aromatic nitrogens is 1. The normalized spacial score (nSPS) is 10.2. The lowest BCUT2D eigenvalue weighted by Crippen LogP contribution is -1.81. The second kappa shape index (κ2) is 4.84. The number of rotatable bonds is 2. The predicted octanol–water partition coefficient (Wildman–Crippen LogP) is 4.22. The van der Waals surface area contributed by atoms with Gasteiger partial charge in [0.1, 0.15) is 0 Å². The fourth-order valence-corrected chi connectivity index (χ4v) is 2.00. The Morgan fingerprint density at radius 3 is 2.17 bits per heavy atom. The zero-order valence-corrected chi connectivity index (χ0v) is 9.88. The summed E-state index contributed by atoms with van der Waals surface area (Å²) in [5.74, 6) is 0. The fraction of sp³-hybridized carbons (Fsp3) is 0. The molecule has 1 nitrogen and oxygen atoms in total. The summed E-state index contributed by atoms with van der Waals surface area (Å²) in [7, 11) is 0. The number of benzene rings is 2. The van der Waals surface area contributed by atoms with Gasteiger partial charge >= 0.3 is 0 Å². The number of hydrogen-bond acceptors (Lipinski definition) is 1. The molecule has 0 saturated carbocycles. The summed E-state index contributed by atoms with van der Waals surface area (Å²) in [5, 5.41) is 0. The monoisotopic (exact) mass is 230 g/mol. The van der Waals surface area contributed by atoms with Crippen LogP contribution >= 0.6 is 0 Å². The van der Waals surface area contributed by atoms with Crippen LogP contribution in [0.15, 0.2) is 73.1 Å². The molecular weight excluding hydrogens is 218 g/mol. The van der Waals surface area contributed by atoms with Gasteiger partial charge in [-0.3, -0.25) is 4.98 Å². The third-order valence-corrected chi connectivity index (χ3v) is 2.92. The molecule has 0 fully saturated rings. The van der Waals surface area contributed by atoms with Crippen LogP contribution in [-0.2, 0) is 0 Å². The average molecular weight is 230 g/mol. The van der Waals surface area contributed by atoms with E-state index in [0.717, 1.165) is 0 Å². The van der Waals surface area contributed by atoms with E-state index < -0.39 is 0 Å². The van der Waals surface area contributed by atoms with E-state index in [9.17, 15) is 0 Å². The van der Waals surface area contributed by atoms with Crippen LogP contribution in [0, 0.1) is 6.07 Å². The van der Waals surface area contributed by atoms with Crippen LogP contribution in [-0.4, -0.2) is 4.98 Å². The molecule has 1 heterocycles. The molecule has 1 radical (unpaired) electrons. The molecule has 0 aliphatic carbocycles. The summed E-state index contributed by atoms with van der Waals surface area (Å²) in [5.41, 5.74) is 4.79. The maximum absolute atomic E-state index is 4.05. The Kier molecular flexibility index (Phi) is 2.89. The van der Waals surface area contributed by atoms with Crippen LogP contribution in [0.2, 0.25) is 0 Å². The maximum atomic E-state index is 4.05. The van der Waals surface area contributed by atoms with E-state index in [2.05, 4.69) is 41.4 Å². The third kappa shape index (κ3) is 2.16. The van der Waals surface area contributed by atoms with Crippen molar-refractivity contribution in [2.75, 3.05) is 0 Å². The lowest BCUT2D eigenvalue weighted by molar-refractivity contribution is 1.33. The molecule has 0 amide bonds. The number of hydrogen-bond donors (Lipinski definition) is 0. The Morgan fingerprint density at radius 1 is 0.722 bits per heavy atom. The van der Waals surface area contributed by atoms with Crippen LogP contribution in [0.1, 0.15) is 0 Å². The quantitative estimate of drug-likeness (QED) is 0.642. The van der Waals surface area contributed by atoms with Gasteiger partial charge in [0.15, 0.2) is 0 Å². The van der Waals surface area contributed by atoms with Crippen molar-refractivity contribution in [3.63, 3.8) is 0 Å². The van der Waals surface area contributed by atoms with Crippen LogP contribution in [0.4, 0.5) is 0 Å². The lowest BCUT2D eigenvalue weighted by atomic mass is 10.00.